The fourth-order valence-corrected chi connectivity index (χ4v) is 2.81. The molecule has 0 saturated heterocycles. The third-order valence-corrected chi connectivity index (χ3v) is 3.97. The highest BCUT2D eigenvalue weighted by Gasteiger charge is 2.35. The van der Waals surface area contributed by atoms with Gasteiger partial charge in [0.2, 0.25) is 5.91 Å². The third-order valence-electron chi connectivity index (χ3n) is 3.36. The summed E-state index contributed by atoms with van der Waals surface area (Å²) < 4.78 is 0. The van der Waals surface area contributed by atoms with Gasteiger partial charge in [-0.3, -0.25) is 4.79 Å². The van der Waals surface area contributed by atoms with Gasteiger partial charge in [0, 0.05) is 18.7 Å². The second kappa shape index (κ2) is 6.10. The lowest BCUT2D eigenvalue weighted by atomic mass is 9.92. The molecule has 4 nitrogen and oxygen atoms in total. The number of rotatable bonds is 4. The molecule has 1 aliphatic heterocycles. The van der Waals surface area contributed by atoms with Gasteiger partial charge in [-0.2, -0.15) is 11.8 Å². The molecule has 1 aromatic rings. The number of carboxylic acids is 1. The number of benzene rings is 1. The topological polar surface area (TPSA) is 57.6 Å². The number of nitrogens with zero attached hydrogens (tertiary/aromatic N) is 1. The SMILES string of the molecule is CSCCC(=O)N1CCc2ccccc2C1C(=O)O. The zero-order valence-corrected chi connectivity index (χ0v) is 11.7. The molecule has 0 saturated carbocycles. The number of carbonyl (C=O) groups is 2. The molecule has 1 aromatic carbocycles. The van der Waals surface area contributed by atoms with Gasteiger partial charge >= 0.3 is 5.97 Å². The minimum absolute atomic E-state index is 0.0729. The first-order valence-corrected chi connectivity index (χ1v) is 7.63. The number of aliphatic carboxylic acids is 1. The Balaban J connectivity index is 2.27. The van der Waals surface area contributed by atoms with E-state index in [1.807, 2.05) is 30.5 Å². The van der Waals surface area contributed by atoms with Crippen LogP contribution in [0, 0.1) is 0 Å². The summed E-state index contributed by atoms with van der Waals surface area (Å²) in [5.74, 6) is -0.301. The highest BCUT2D eigenvalue weighted by atomic mass is 32.2. The maximum absolute atomic E-state index is 12.1. The summed E-state index contributed by atoms with van der Waals surface area (Å²) in [5, 5.41) is 9.43. The lowest BCUT2D eigenvalue weighted by Crippen LogP contribution is -2.43. The van der Waals surface area contributed by atoms with E-state index in [9.17, 15) is 14.7 Å². The van der Waals surface area contributed by atoms with Crippen molar-refractivity contribution >= 4 is 23.6 Å². The van der Waals surface area contributed by atoms with Crippen LogP contribution in [0.3, 0.4) is 0 Å². The first kappa shape index (κ1) is 13.9. The van der Waals surface area contributed by atoms with Crippen molar-refractivity contribution in [2.24, 2.45) is 0 Å². The predicted octanol–water partition coefficient (Wildman–Crippen LogP) is 1.95. The van der Waals surface area contributed by atoms with E-state index in [4.69, 9.17) is 0 Å². The van der Waals surface area contributed by atoms with Crippen LogP contribution in [-0.2, 0) is 16.0 Å². The number of carboxylic acid groups (broad SMARTS) is 1. The van der Waals surface area contributed by atoms with Crippen LogP contribution in [0.1, 0.15) is 23.6 Å². The lowest BCUT2D eigenvalue weighted by molar-refractivity contribution is -0.151. The fraction of sp³-hybridized carbons (Fsp3) is 0.429. The van der Waals surface area contributed by atoms with E-state index < -0.39 is 12.0 Å². The highest BCUT2D eigenvalue weighted by Crippen LogP contribution is 2.30. The van der Waals surface area contributed by atoms with Crippen LogP contribution in [0.25, 0.3) is 0 Å². The highest BCUT2D eigenvalue weighted by molar-refractivity contribution is 7.98. The molecule has 1 aliphatic rings. The Morgan fingerprint density at radius 2 is 2.16 bits per heavy atom. The Kier molecular flexibility index (Phi) is 4.47. The molecule has 0 aromatic heterocycles. The van der Waals surface area contributed by atoms with Crippen LogP contribution >= 0.6 is 11.8 Å². The molecule has 102 valence electrons. The van der Waals surface area contributed by atoms with Crippen molar-refractivity contribution in [3.63, 3.8) is 0 Å². The summed E-state index contributed by atoms with van der Waals surface area (Å²) in [6, 6.07) is 6.64. The Morgan fingerprint density at radius 3 is 2.84 bits per heavy atom. The lowest BCUT2D eigenvalue weighted by Gasteiger charge is -2.34. The molecule has 2 rings (SSSR count). The average Bonchev–Trinajstić information content (AvgIpc) is 2.43. The van der Waals surface area contributed by atoms with Gasteiger partial charge in [0.15, 0.2) is 6.04 Å². The van der Waals surface area contributed by atoms with Gasteiger partial charge in [0.25, 0.3) is 0 Å². The van der Waals surface area contributed by atoms with E-state index in [1.54, 1.807) is 11.8 Å². The number of amides is 1. The van der Waals surface area contributed by atoms with Crippen molar-refractivity contribution in [2.45, 2.75) is 18.9 Å². The second-order valence-corrected chi connectivity index (χ2v) is 5.51. The minimum Gasteiger partial charge on any atom is -0.479 e. The summed E-state index contributed by atoms with van der Waals surface area (Å²) in [4.78, 5) is 25.1. The molecule has 19 heavy (non-hydrogen) atoms. The minimum atomic E-state index is -0.954. The molecule has 0 spiro atoms. The molecule has 0 fully saturated rings. The summed E-state index contributed by atoms with van der Waals surface area (Å²) >= 11 is 1.59. The Hall–Kier alpha value is -1.49. The number of carbonyl (C=O) groups excluding carboxylic acids is 1. The monoisotopic (exact) mass is 279 g/mol. The molecule has 1 amide bonds. The van der Waals surface area contributed by atoms with Gasteiger partial charge in [0.1, 0.15) is 0 Å². The van der Waals surface area contributed by atoms with Crippen molar-refractivity contribution in [3.8, 4) is 0 Å². The quantitative estimate of drug-likeness (QED) is 0.915. The maximum Gasteiger partial charge on any atom is 0.331 e. The second-order valence-electron chi connectivity index (χ2n) is 4.52. The van der Waals surface area contributed by atoms with Crippen molar-refractivity contribution in [3.05, 3.63) is 35.4 Å². The Bertz CT molecular complexity index is 489. The van der Waals surface area contributed by atoms with Gasteiger partial charge in [-0.15, -0.1) is 0 Å². The standard InChI is InChI=1S/C14H17NO3S/c1-19-9-7-12(16)15-8-6-10-4-2-3-5-11(10)13(15)14(17)18/h2-5,13H,6-9H2,1H3,(H,17,18). The van der Waals surface area contributed by atoms with E-state index in [2.05, 4.69) is 0 Å². The molecule has 0 bridgehead atoms. The summed E-state index contributed by atoms with van der Waals surface area (Å²) in [6.07, 6.45) is 3.06. The normalized spacial score (nSPS) is 17.9. The van der Waals surface area contributed by atoms with Crippen LogP contribution in [-0.4, -0.2) is 40.4 Å². The first-order valence-electron chi connectivity index (χ1n) is 6.24. The fourth-order valence-electron chi connectivity index (χ4n) is 2.43. The molecule has 0 aliphatic carbocycles. The van der Waals surface area contributed by atoms with Gasteiger partial charge in [-0.05, 0) is 23.8 Å². The molecule has 1 atom stereocenters. The van der Waals surface area contributed by atoms with Crippen LogP contribution in [0.15, 0.2) is 24.3 Å². The van der Waals surface area contributed by atoms with Crippen LogP contribution in [0.2, 0.25) is 0 Å². The first-order chi connectivity index (χ1) is 9.15. The van der Waals surface area contributed by atoms with E-state index in [0.717, 1.165) is 23.3 Å². The van der Waals surface area contributed by atoms with Crippen LogP contribution < -0.4 is 0 Å². The van der Waals surface area contributed by atoms with Crippen LogP contribution in [0.4, 0.5) is 0 Å². The van der Waals surface area contributed by atoms with Gasteiger partial charge in [0.05, 0.1) is 0 Å². The van der Waals surface area contributed by atoms with E-state index in [1.165, 1.54) is 4.90 Å². The smallest absolute Gasteiger partial charge is 0.331 e. The van der Waals surface area contributed by atoms with E-state index in [-0.39, 0.29) is 5.91 Å². The summed E-state index contributed by atoms with van der Waals surface area (Å²) in [6.45, 7) is 0.487. The molecule has 1 N–H and O–H groups in total. The molecule has 1 unspecified atom stereocenters. The van der Waals surface area contributed by atoms with Gasteiger partial charge in [-0.25, -0.2) is 4.79 Å². The zero-order chi connectivity index (χ0) is 13.8. The zero-order valence-electron chi connectivity index (χ0n) is 10.8. The number of fused-ring (bicyclic) bond motifs is 1. The van der Waals surface area contributed by atoms with E-state index in [0.29, 0.717) is 13.0 Å². The van der Waals surface area contributed by atoms with E-state index >= 15 is 0 Å². The van der Waals surface area contributed by atoms with Gasteiger partial charge < -0.3 is 10.0 Å². The number of hydrogen-bond donors (Lipinski definition) is 1. The van der Waals surface area contributed by atoms with Crippen molar-refractivity contribution in [1.29, 1.82) is 0 Å². The van der Waals surface area contributed by atoms with Gasteiger partial charge in [-0.1, -0.05) is 24.3 Å². The summed E-state index contributed by atoms with van der Waals surface area (Å²) in [7, 11) is 0. The molecule has 1 heterocycles. The molecule has 5 heteroatoms. The maximum atomic E-state index is 12.1. The van der Waals surface area contributed by atoms with Crippen molar-refractivity contribution < 1.29 is 14.7 Å². The third kappa shape index (κ3) is 2.92. The largest absolute Gasteiger partial charge is 0.479 e. The Labute approximate surface area is 116 Å². The van der Waals surface area contributed by atoms with Crippen molar-refractivity contribution in [2.75, 3.05) is 18.6 Å². The summed E-state index contributed by atoms with van der Waals surface area (Å²) in [5.41, 5.74) is 1.78. The molecule has 0 radical (unpaired) electrons. The molecular weight excluding hydrogens is 262 g/mol. The van der Waals surface area contributed by atoms with Crippen molar-refractivity contribution in [1.82, 2.24) is 4.90 Å². The number of hydrogen-bond acceptors (Lipinski definition) is 3. The average molecular weight is 279 g/mol. The van der Waals surface area contributed by atoms with Crippen LogP contribution in [0.5, 0.6) is 0 Å². The predicted molar refractivity (Wildman–Crippen MR) is 75.2 cm³/mol. The molecular formula is C14H17NO3S. The Morgan fingerprint density at radius 1 is 1.42 bits per heavy atom. The number of thioether (sulfide) groups is 1.